The van der Waals surface area contributed by atoms with Crippen molar-refractivity contribution in [2.24, 2.45) is 23.5 Å². The molecular formula is C26H42N4O6. The van der Waals surface area contributed by atoms with Gasteiger partial charge in [-0.1, -0.05) is 60.1 Å². The zero-order valence-corrected chi connectivity index (χ0v) is 22.1. The second kappa shape index (κ2) is 14.4. The third-order valence-electron chi connectivity index (χ3n) is 6.15. The number of carbonyl (C=O) groups excluding carboxylic acids is 3. The van der Waals surface area contributed by atoms with E-state index in [-0.39, 0.29) is 29.9 Å². The molecule has 0 radical (unpaired) electrons. The number of hydrogen-bond donors (Lipinski definition) is 6. The highest BCUT2D eigenvalue weighted by molar-refractivity contribution is 5.94. The van der Waals surface area contributed by atoms with Crippen molar-refractivity contribution in [1.29, 1.82) is 0 Å². The monoisotopic (exact) mass is 506 g/mol. The lowest BCUT2D eigenvalue weighted by atomic mass is 9.97. The van der Waals surface area contributed by atoms with Gasteiger partial charge in [0.15, 0.2) is 0 Å². The van der Waals surface area contributed by atoms with Crippen LogP contribution in [0.2, 0.25) is 0 Å². The molecule has 0 bridgehead atoms. The van der Waals surface area contributed by atoms with Crippen LogP contribution in [-0.4, -0.2) is 58.1 Å². The van der Waals surface area contributed by atoms with E-state index in [1.165, 1.54) is 12.1 Å². The fraction of sp³-hybridized carbons (Fsp3) is 0.615. The maximum atomic E-state index is 13.3. The van der Waals surface area contributed by atoms with Crippen molar-refractivity contribution in [3.05, 3.63) is 29.8 Å². The van der Waals surface area contributed by atoms with Gasteiger partial charge in [-0.25, -0.2) is 4.79 Å². The molecule has 10 nitrogen and oxygen atoms in total. The van der Waals surface area contributed by atoms with Crippen molar-refractivity contribution in [3.63, 3.8) is 0 Å². The van der Waals surface area contributed by atoms with E-state index in [4.69, 9.17) is 5.73 Å². The van der Waals surface area contributed by atoms with Gasteiger partial charge in [-0.3, -0.25) is 14.4 Å². The average molecular weight is 507 g/mol. The van der Waals surface area contributed by atoms with Crippen LogP contribution in [0.1, 0.15) is 59.9 Å². The average Bonchev–Trinajstić information content (AvgIpc) is 2.81. The molecule has 0 aliphatic rings. The number of amides is 3. The molecule has 0 spiro atoms. The lowest BCUT2D eigenvalue weighted by Gasteiger charge is -2.27. The van der Waals surface area contributed by atoms with Crippen LogP contribution in [0.25, 0.3) is 0 Å². The van der Waals surface area contributed by atoms with Crippen LogP contribution >= 0.6 is 0 Å². The highest BCUT2D eigenvalue weighted by atomic mass is 16.4. The summed E-state index contributed by atoms with van der Waals surface area (Å²) in [6.07, 6.45) is 0.907. The number of rotatable bonds is 14. The predicted octanol–water partition coefficient (Wildman–Crippen LogP) is 1.55. The Morgan fingerprint density at radius 2 is 1.39 bits per heavy atom. The van der Waals surface area contributed by atoms with Gasteiger partial charge in [-0.05, 0) is 41.9 Å². The summed E-state index contributed by atoms with van der Waals surface area (Å²) in [6.45, 7) is 11.0. The fourth-order valence-corrected chi connectivity index (χ4v) is 3.56. The Hall–Kier alpha value is -3.14. The molecule has 202 valence electrons. The van der Waals surface area contributed by atoms with Gasteiger partial charge in [0.25, 0.3) is 0 Å². The molecule has 1 aromatic rings. The Kier molecular flexibility index (Phi) is 12.4. The number of aromatic hydroxyl groups is 1. The minimum atomic E-state index is -1.17. The van der Waals surface area contributed by atoms with Crippen LogP contribution in [0, 0.1) is 17.8 Å². The van der Waals surface area contributed by atoms with Gasteiger partial charge in [0.1, 0.15) is 23.9 Å². The Balaban J connectivity index is 3.20. The van der Waals surface area contributed by atoms with Crippen molar-refractivity contribution in [3.8, 4) is 5.75 Å². The first-order valence-electron chi connectivity index (χ1n) is 12.4. The normalized spacial score (nSPS) is 15.5. The molecule has 0 aliphatic carbocycles. The molecule has 0 aliphatic heterocycles. The number of nitrogens with one attached hydrogen (secondary N) is 3. The highest BCUT2D eigenvalue weighted by Crippen LogP contribution is 2.14. The van der Waals surface area contributed by atoms with E-state index in [0.717, 1.165) is 0 Å². The topological polar surface area (TPSA) is 171 Å². The maximum Gasteiger partial charge on any atom is 0.326 e. The molecule has 3 amide bonds. The molecular weight excluding hydrogens is 464 g/mol. The molecule has 0 heterocycles. The van der Waals surface area contributed by atoms with Crippen LogP contribution in [0.3, 0.4) is 0 Å². The Labute approximate surface area is 213 Å². The van der Waals surface area contributed by atoms with E-state index in [2.05, 4.69) is 16.0 Å². The van der Waals surface area contributed by atoms with Crippen LogP contribution in [0.5, 0.6) is 5.75 Å². The fourth-order valence-electron chi connectivity index (χ4n) is 3.56. The number of carboxylic acid groups (broad SMARTS) is 1. The Bertz CT molecular complexity index is 887. The SMILES string of the molecule is CCC(C)C(NC(=O)C(Cc1ccc(O)cc1)NC(=O)C(CC(C)C)NC(=O)C(N)C(C)C)C(=O)O. The number of carboxylic acids is 1. The summed E-state index contributed by atoms with van der Waals surface area (Å²) in [5.41, 5.74) is 6.59. The quantitative estimate of drug-likeness (QED) is 0.222. The summed E-state index contributed by atoms with van der Waals surface area (Å²) in [4.78, 5) is 50.8. The summed E-state index contributed by atoms with van der Waals surface area (Å²) in [6, 6.07) is 2.18. The zero-order valence-electron chi connectivity index (χ0n) is 22.1. The molecule has 36 heavy (non-hydrogen) atoms. The Morgan fingerprint density at radius 3 is 1.86 bits per heavy atom. The molecule has 0 fully saturated rings. The lowest BCUT2D eigenvalue weighted by Crippen LogP contribution is -2.58. The molecule has 7 N–H and O–H groups in total. The zero-order chi connectivity index (χ0) is 27.6. The lowest BCUT2D eigenvalue weighted by molar-refractivity contribution is -0.143. The van der Waals surface area contributed by atoms with Gasteiger partial charge in [0.05, 0.1) is 6.04 Å². The van der Waals surface area contributed by atoms with Gasteiger partial charge >= 0.3 is 5.97 Å². The van der Waals surface area contributed by atoms with Crippen LogP contribution in [-0.2, 0) is 25.6 Å². The molecule has 5 unspecified atom stereocenters. The molecule has 0 aromatic heterocycles. The summed E-state index contributed by atoms with van der Waals surface area (Å²) >= 11 is 0. The number of carbonyl (C=O) groups is 4. The number of benzene rings is 1. The van der Waals surface area contributed by atoms with E-state index >= 15 is 0 Å². The van der Waals surface area contributed by atoms with Crippen molar-refractivity contribution >= 4 is 23.7 Å². The molecule has 5 atom stereocenters. The summed E-state index contributed by atoms with van der Waals surface area (Å²) in [5, 5.41) is 27.1. The Morgan fingerprint density at radius 1 is 0.861 bits per heavy atom. The van der Waals surface area contributed by atoms with E-state index in [1.807, 2.05) is 20.8 Å². The first-order valence-corrected chi connectivity index (χ1v) is 12.4. The van der Waals surface area contributed by atoms with Gasteiger partial charge in [0.2, 0.25) is 17.7 Å². The minimum absolute atomic E-state index is 0.0488. The number of nitrogens with two attached hydrogens (primary N) is 1. The van der Waals surface area contributed by atoms with Gasteiger partial charge in [-0.15, -0.1) is 0 Å². The molecule has 1 rings (SSSR count). The third kappa shape index (κ3) is 9.85. The van der Waals surface area contributed by atoms with E-state index < -0.39 is 47.9 Å². The van der Waals surface area contributed by atoms with Crippen molar-refractivity contribution < 1.29 is 29.4 Å². The van der Waals surface area contributed by atoms with Crippen LogP contribution < -0.4 is 21.7 Å². The number of phenols is 1. The minimum Gasteiger partial charge on any atom is -0.508 e. The molecule has 0 saturated heterocycles. The summed E-state index contributed by atoms with van der Waals surface area (Å²) in [7, 11) is 0. The second-order valence-corrected chi connectivity index (χ2v) is 10.1. The van der Waals surface area contributed by atoms with Crippen LogP contribution in [0.4, 0.5) is 0 Å². The smallest absolute Gasteiger partial charge is 0.326 e. The van der Waals surface area contributed by atoms with E-state index in [9.17, 15) is 29.4 Å². The first kappa shape index (κ1) is 30.9. The molecule has 1 aromatic carbocycles. The standard InChI is InChI=1S/C26H42N4O6/c1-7-16(6)22(26(35)36)30-24(33)20(13-17-8-10-18(31)11-9-17)28-23(32)19(12-14(2)3)29-25(34)21(27)15(4)5/h8-11,14-16,19-22,31H,7,12-13,27H2,1-6H3,(H,28,32)(H,29,34)(H,30,33)(H,35,36). The second-order valence-electron chi connectivity index (χ2n) is 10.1. The largest absolute Gasteiger partial charge is 0.508 e. The molecule has 0 saturated carbocycles. The van der Waals surface area contributed by atoms with Crippen molar-refractivity contribution in [2.45, 2.75) is 85.0 Å². The van der Waals surface area contributed by atoms with Crippen molar-refractivity contribution in [2.75, 3.05) is 0 Å². The first-order chi connectivity index (χ1) is 16.8. The van der Waals surface area contributed by atoms with Gasteiger partial charge in [-0.2, -0.15) is 0 Å². The number of phenolic OH excluding ortho intramolecular Hbond substituents is 1. The summed E-state index contributed by atoms with van der Waals surface area (Å²) in [5.74, 6) is -3.21. The number of aliphatic carboxylic acids is 1. The van der Waals surface area contributed by atoms with E-state index in [1.54, 1.807) is 32.9 Å². The van der Waals surface area contributed by atoms with Gasteiger partial charge in [0, 0.05) is 6.42 Å². The highest BCUT2D eigenvalue weighted by Gasteiger charge is 2.32. The van der Waals surface area contributed by atoms with Gasteiger partial charge < -0.3 is 31.9 Å². The predicted molar refractivity (Wildman–Crippen MR) is 137 cm³/mol. The van der Waals surface area contributed by atoms with Crippen molar-refractivity contribution in [1.82, 2.24) is 16.0 Å². The maximum absolute atomic E-state index is 13.3. The number of hydrogen-bond acceptors (Lipinski definition) is 6. The summed E-state index contributed by atoms with van der Waals surface area (Å²) < 4.78 is 0. The van der Waals surface area contributed by atoms with Crippen LogP contribution in [0.15, 0.2) is 24.3 Å². The molecule has 10 heteroatoms. The third-order valence-corrected chi connectivity index (χ3v) is 6.15. The van der Waals surface area contributed by atoms with E-state index in [0.29, 0.717) is 18.4 Å².